The molecule has 2 amide bonds. The van der Waals surface area contributed by atoms with Gasteiger partial charge in [0.15, 0.2) is 0 Å². The molecule has 2 N–H and O–H groups in total. The largest absolute Gasteiger partial charge is 0.481 e. The summed E-state index contributed by atoms with van der Waals surface area (Å²) in [5.41, 5.74) is 0. The van der Waals surface area contributed by atoms with E-state index in [4.69, 9.17) is 9.52 Å². The van der Waals surface area contributed by atoms with Crippen molar-refractivity contribution in [2.75, 3.05) is 32.7 Å². The summed E-state index contributed by atoms with van der Waals surface area (Å²) in [5, 5.41) is 11.4. The van der Waals surface area contributed by atoms with Crippen LogP contribution in [0.2, 0.25) is 0 Å². The van der Waals surface area contributed by atoms with E-state index in [1.165, 1.54) is 0 Å². The quantitative estimate of drug-likeness (QED) is 0.824. The van der Waals surface area contributed by atoms with Crippen molar-refractivity contribution < 1.29 is 19.1 Å². The van der Waals surface area contributed by atoms with Gasteiger partial charge < -0.3 is 19.7 Å². The summed E-state index contributed by atoms with van der Waals surface area (Å²) in [6.07, 6.45) is 1.72. The van der Waals surface area contributed by atoms with Crippen molar-refractivity contribution in [1.29, 1.82) is 0 Å². The highest BCUT2D eigenvalue weighted by Gasteiger charge is 2.21. The maximum atomic E-state index is 11.9. The molecule has 7 heteroatoms. The standard InChI is InChI=1S/C13H19N3O4/c17-12(18)3-4-15-5-7-16(8-6-15)13(19)14-10-11-2-1-9-20-11/h1-2,9H,3-8,10H2,(H,14,19)(H,17,18). The van der Waals surface area contributed by atoms with Crippen molar-refractivity contribution in [1.82, 2.24) is 15.1 Å². The zero-order valence-electron chi connectivity index (χ0n) is 11.2. The molecule has 1 aromatic heterocycles. The molecule has 0 aliphatic carbocycles. The lowest BCUT2D eigenvalue weighted by Gasteiger charge is -2.34. The Bertz CT molecular complexity index is 438. The summed E-state index contributed by atoms with van der Waals surface area (Å²) in [5.74, 6) is -0.0675. The Morgan fingerprint density at radius 1 is 1.30 bits per heavy atom. The summed E-state index contributed by atoms with van der Waals surface area (Å²) < 4.78 is 5.15. The summed E-state index contributed by atoms with van der Waals surface area (Å²) in [6.45, 7) is 3.57. The van der Waals surface area contributed by atoms with Gasteiger partial charge in [-0.3, -0.25) is 9.69 Å². The fourth-order valence-electron chi connectivity index (χ4n) is 2.12. The highest BCUT2D eigenvalue weighted by atomic mass is 16.4. The van der Waals surface area contributed by atoms with Gasteiger partial charge in [0.05, 0.1) is 19.2 Å². The van der Waals surface area contributed by atoms with E-state index in [0.29, 0.717) is 39.3 Å². The molecule has 0 bridgehead atoms. The number of amides is 2. The fourth-order valence-corrected chi connectivity index (χ4v) is 2.12. The molecule has 0 radical (unpaired) electrons. The molecule has 2 rings (SSSR count). The van der Waals surface area contributed by atoms with Crippen molar-refractivity contribution >= 4 is 12.0 Å². The Morgan fingerprint density at radius 3 is 2.65 bits per heavy atom. The first-order valence-corrected chi connectivity index (χ1v) is 6.64. The van der Waals surface area contributed by atoms with Crippen LogP contribution < -0.4 is 5.32 Å². The molecule has 2 heterocycles. The van der Waals surface area contributed by atoms with Gasteiger partial charge >= 0.3 is 12.0 Å². The molecule has 0 unspecified atom stereocenters. The van der Waals surface area contributed by atoms with Crippen LogP contribution in [-0.4, -0.2) is 59.6 Å². The third-order valence-corrected chi connectivity index (χ3v) is 3.30. The molecule has 0 saturated carbocycles. The topological polar surface area (TPSA) is 86.0 Å². The van der Waals surface area contributed by atoms with Crippen molar-refractivity contribution in [2.45, 2.75) is 13.0 Å². The minimum atomic E-state index is -0.788. The Balaban J connectivity index is 1.67. The van der Waals surface area contributed by atoms with Crippen LogP contribution in [0.5, 0.6) is 0 Å². The molecule has 1 aliphatic rings. The SMILES string of the molecule is O=C(O)CCN1CCN(C(=O)NCc2ccco2)CC1. The number of rotatable bonds is 5. The van der Waals surface area contributed by atoms with Crippen molar-refractivity contribution in [3.8, 4) is 0 Å². The normalized spacial score (nSPS) is 16.1. The number of urea groups is 1. The Labute approximate surface area is 117 Å². The molecule has 110 valence electrons. The summed E-state index contributed by atoms with van der Waals surface area (Å²) >= 11 is 0. The minimum Gasteiger partial charge on any atom is -0.481 e. The lowest BCUT2D eigenvalue weighted by molar-refractivity contribution is -0.137. The van der Waals surface area contributed by atoms with Gasteiger partial charge in [0.2, 0.25) is 0 Å². The van der Waals surface area contributed by atoms with E-state index in [1.807, 2.05) is 6.07 Å². The highest BCUT2D eigenvalue weighted by molar-refractivity contribution is 5.74. The van der Waals surface area contributed by atoms with Gasteiger partial charge in [-0.25, -0.2) is 4.79 Å². The molecule has 0 atom stereocenters. The number of carbonyl (C=O) groups is 2. The minimum absolute atomic E-state index is 0.112. The first-order valence-electron chi connectivity index (χ1n) is 6.64. The number of carboxylic acid groups (broad SMARTS) is 1. The first-order chi connectivity index (χ1) is 9.65. The maximum absolute atomic E-state index is 11.9. The Hall–Kier alpha value is -2.02. The average molecular weight is 281 g/mol. The number of nitrogens with one attached hydrogen (secondary N) is 1. The number of carboxylic acids is 1. The number of furan rings is 1. The number of nitrogens with zero attached hydrogens (tertiary/aromatic N) is 2. The van der Waals surface area contributed by atoms with Gasteiger partial charge in [-0.05, 0) is 12.1 Å². The smallest absolute Gasteiger partial charge is 0.317 e. The summed E-state index contributed by atoms with van der Waals surface area (Å²) in [7, 11) is 0. The van der Waals surface area contributed by atoms with E-state index in [9.17, 15) is 9.59 Å². The van der Waals surface area contributed by atoms with E-state index < -0.39 is 5.97 Å². The molecular formula is C13H19N3O4. The first kappa shape index (κ1) is 14.4. The van der Waals surface area contributed by atoms with Crippen LogP contribution >= 0.6 is 0 Å². The van der Waals surface area contributed by atoms with Crippen molar-refractivity contribution in [2.24, 2.45) is 0 Å². The number of carbonyl (C=O) groups excluding carboxylic acids is 1. The van der Waals surface area contributed by atoms with Crippen LogP contribution in [-0.2, 0) is 11.3 Å². The van der Waals surface area contributed by atoms with Gasteiger partial charge in [0, 0.05) is 32.7 Å². The zero-order chi connectivity index (χ0) is 14.4. The van der Waals surface area contributed by atoms with Crippen LogP contribution in [0.3, 0.4) is 0 Å². The van der Waals surface area contributed by atoms with Crippen molar-refractivity contribution in [3.63, 3.8) is 0 Å². The van der Waals surface area contributed by atoms with E-state index in [0.717, 1.165) is 5.76 Å². The molecule has 7 nitrogen and oxygen atoms in total. The second-order valence-corrected chi connectivity index (χ2v) is 4.71. The third kappa shape index (κ3) is 4.27. The lowest BCUT2D eigenvalue weighted by atomic mass is 10.3. The van der Waals surface area contributed by atoms with Gasteiger partial charge in [-0.15, -0.1) is 0 Å². The monoisotopic (exact) mass is 281 g/mol. The number of piperazine rings is 1. The summed E-state index contributed by atoms with van der Waals surface area (Å²) in [6, 6.07) is 3.48. The second kappa shape index (κ2) is 6.95. The predicted octanol–water partition coefficient (Wildman–Crippen LogP) is 0.582. The van der Waals surface area contributed by atoms with E-state index >= 15 is 0 Å². The van der Waals surface area contributed by atoms with Gasteiger partial charge in [-0.2, -0.15) is 0 Å². The van der Waals surface area contributed by atoms with Crippen LogP contribution in [0.1, 0.15) is 12.2 Å². The maximum Gasteiger partial charge on any atom is 0.317 e. The van der Waals surface area contributed by atoms with E-state index in [-0.39, 0.29) is 12.5 Å². The Morgan fingerprint density at radius 2 is 2.05 bits per heavy atom. The molecule has 0 aromatic carbocycles. The highest BCUT2D eigenvalue weighted by Crippen LogP contribution is 2.04. The molecule has 1 fully saturated rings. The van der Waals surface area contributed by atoms with Gasteiger partial charge in [0.25, 0.3) is 0 Å². The van der Waals surface area contributed by atoms with Gasteiger partial charge in [-0.1, -0.05) is 0 Å². The van der Waals surface area contributed by atoms with E-state index in [1.54, 1.807) is 17.2 Å². The third-order valence-electron chi connectivity index (χ3n) is 3.30. The van der Waals surface area contributed by atoms with Crippen LogP contribution in [0.15, 0.2) is 22.8 Å². The molecule has 20 heavy (non-hydrogen) atoms. The molecule has 1 aliphatic heterocycles. The van der Waals surface area contributed by atoms with Crippen LogP contribution in [0.25, 0.3) is 0 Å². The fraction of sp³-hybridized carbons (Fsp3) is 0.538. The second-order valence-electron chi connectivity index (χ2n) is 4.71. The lowest BCUT2D eigenvalue weighted by Crippen LogP contribution is -2.51. The number of aliphatic carboxylic acids is 1. The van der Waals surface area contributed by atoms with Crippen LogP contribution in [0.4, 0.5) is 4.79 Å². The average Bonchev–Trinajstić information content (AvgIpc) is 2.96. The molecule has 1 aromatic rings. The Kier molecular flexibility index (Phi) is 5.00. The zero-order valence-corrected chi connectivity index (χ0v) is 11.2. The molecular weight excluding hydrogens is 262 g/mol. The summed E-state index contributed by atoms with van der Waals surface area (Å²) in [4.78, 5) is 26.2. The number of hydrogen-bond donors (Lipinski definition) is 2. The molecule has 1 saturated heterocycles. The van der Waals surface area contributed by atoms with Gasteiger partial charge in [0.1, 0.15) is 5.76 Å². The van der Waals surface area contributed by atoms with E-state index in [2.05, 4.69) is 10.2 Å². The predicted molar refractivity (Wildman–Crippen MR) is 71.2 cm³/mol. The van der Waals surface area contributed by atoms with Crippen LogP contribution in [0, 0.1) is 0 Å². The number of hydrogen-bond acceptors (Lipinski definition) is 4. The van der Waals surface area contributed by atoms with Crippen molar-refractivity contribution in [3.05, 3.63) is 24.2 Å². The molecule has 0 spiro atoms.